The van der Waals surface area contributed by atoms with Crippen LogP contribution < -0.4 is 24.8 Å². The minimum atomic E-state index is 0. The summed E-state index contributed by atoms with van der Waals surface area (Å²) in [6.45, 7) is 13.5. The van der Waals surface area contributed by atoms with Crippen LogP contribution in [0.1, 0.15) is 32.8 Å². The van der Waals surface area contributed by atoms with E-state index in [1.807, 2.05) is 6.08 Å². The van der Waals surface area contributed by atoms with Gasteiger partial charge in [0, 0.05) is 0 Å². The summed E-state index contributed by atoms with van der Waals surface area (Å²) in [4.78, 5) is 0. The molecule has 0 nitrogen and oxygen atoms in total. The molecular formula is C21H28Cl2HfSi-2. The third kappa shape index (κ3) is 10.6. The maximum atomic E-state index is 3.16. The number of rotatable bonds is 0. The van der Waals surface area contributed by atoms with Crippen LogP contribution in [-0.4, -0.2) is 5.49 Å². The summed E-state index contributed by atoms with van der Waals surface area (Å²) < 4.78 is 0. The molecule has 0 aromatic heterocycles. The number of fused-ring (bicyclic) bond motifs is 1. The molecule has 0 N–H and O–H groups in total. The van der Waals surface area contributed by atoms with Gasteiger partial charge in [0.05, 0.1) is 0 Å². The molecule has 1 aliphatic rings. The van der Waals surface area contributed by atoms with Gasteiger partial charge in [-0.05, 0) is 5.41 Å². The van der Waals surface area contributed by atoms with E-state index in [0.29, 0.717) is 5.41 Å². The summed E-state index contributed by atoms with van der Waals surface area (Å²) >= 11 is 1.45. The molecule has 0 atom stereocenters. The van der Waals surface area contributed by atoms with E-state index in [2.05, 4.69) is 89.3 Å². The first-order chi connectivity index (χ1) is 10.7. The van der Waals surface area contributed by atoms with Gasteiger partial charge < -0.3 is 24.8 Å². The molecule has 0 heterocycles. The van der Waals surface area contributed by atoms with Crippen LogP contribution in [0.3, 0.4) is 0 Å². The van der Waals surface area contributed by atoms with Gasteiger partial charge in [0.2, 0.25) is 0 Å². The van der Waals surface area contributed by atoms with Crippen molar-refractivity contribution in [2.45, 2.75) is 47.2 Å². The number of aryl methyl sites for hydroxylation is 1. The van der Waals surface area contributed by atoms with Gasteiger partial charge in [-0.3, -0.25) is 6.08 Å². The van der Waals surface area contributed by atoms with Crippen LogP contribution in [0.4, 0.5) is 0 Å². The first-order valence-electron chi connectivity index (χ1n) is 8.11. The van der Waals surface area contributed by atoms with E-state index in [9.17, 15) is 0 Å². The van der Waals surface area contributed by atoms with Crippen molar-refractivity contribution in [3.05, 3.63) is 65.8 Å². The van der Waals surface area contributed by atoms with E-state index in [-0.39, 0.29) is 30.3 Å². The van der Waals surface area contributed by atoms with E-state index in [1.165, 1.54) is 44.9 Å². The predicted molar refractivity (Wildman–Crippen MR) is 102 cm³/mol. The third-order valence-corrected chi connectivity index (χ3v) is 3.56. The number of benzene rings is 1. The van der Waals surface area contributed by atoms with Crippen molar-refractivity contribution in [2.24, 2.45) is 5.41 Å². The van der Waals surface area contributed by atoms with Crippen LogP contribution in [0.2, 0.25) is 13.1 Å². The fourth-order valence-electron chi connectivity index (χ4n) is 2.21. The van der Waals surface area contributed by atoms with Gasteiger partial charge in [0.25, 0.3) is 0 Å². The van der Waals surface area contributed by atoms with Crippen molar-refractivity contribution in [1.82, 2.24) is 0 Å². The SMILES string of the molecule is CC(C)(C)C1=CC=[C-]C1.C[Si](C)=[Hf+2].Cc1c[cH-]c2ccccc12.[Cl-].[Cl-]. The van der Waals surface area contributed by atoms with Crippen molar-refractivity contribution in [3.63, 3.8) is 0 Å². The second-order valence-corrected chi connectivity index (χ2v) is 19.9. The average Bonchev–Trinajstić information content (AvgIpc) is 3.09. The van der Waals surface area contributed by atoms with Crippen molar-refractivity contribution in [1.29, 1.82) is 0 Å². The molecule has 0 aliphatic heterocycles. The summed E-state index contributed by atoms with van der Waals surface area (Å²) in [6, 6.07) is 12.8. The topological polar surface area (TPSA) is 0 Å². The fraction of sp³-hybridized carbons (Fsp3) is 0.381. The van der Waals surface area contributed by atoms with Crippen LogP contribution >= 0.6 is 0 Å². The van der Waals surface area contributed by atoms with Crippen LogP contribution in [0.25, 0.3) is 10.8 Å². The monoisotopic (exact) mass is 558 g/mol. The van der Waals surface area contributed by atoms with Crippen LogP contribution in [-0.2, 0) is 23.0 Å². The van der Waals surface area contributed by atoms with Crippen molar-refractivity contribution in [3.8, 4) is 0 Å². The van der Waals surface area contributed by atoms with Gasteiger partial charge in [0.1, 0.15) is 0 Å². The van der Waals surface area contributed by atoms with Gasteiger partial charge in [0.15, 0.2) is 0 Å². The van der Waals surface area contributed by atoms with Gasteiger partial charge in [-0.15, -0.1) is 41.5 Å². The largest absolute Gasteiger partial charge is 1.00 e. The molecule has 136 valence electrons. The Morgan fingerprint density at radius 2 is 1.68 bits per heavy atom. The van der Waals surface area contributed by atoms with Crippen molar-refractivity contribution < 1.29 is 47.8 Å². The molecule has 0 unspecified atom stereocenters. The Kier molecular flexibility index (Phi) is 14.4. The maximum Gasteiger partial charge on any atom is -0.0809 e. The van der Waals surface area contributed by atoms with Crippen LogP contribution in [0.15, 0.2) is 54.1 Å². The molecule has 25 heavy (non-hydrogen) atoms. The smallest absolute Gasteiger partial charge is 0.0809 e. The predicted octanol–water partition coefficient (Wildman–Crippen LogP) is 0.381. The second kappa shape index (κ2) is 13.2. The number of hydrogen-bond acceptors (Lipinski definition) is 0. The first kappa shape index (κ1) is 27.2. The Labute approximate surface area is 181 Å². The summed E-state index contributed by atoms with van der Waals surface area (Å²) in [6.07, 6.45) is 8.37. The Morgan fingerprint density at radius 1 is 1.12 bits per heavy atom. The molecular weight excluding hydrogens is 530 g/mol. The average molecular weight is 558 g/mol. The molecule has 3 rings (SSSR count). The summed E-state index contributed by atoms with van der Waals surface area (Å²) in [5.74, 6) is 0. The molecule has 2 aromatic carbocycles. The molecule has 4 heteroatoms. The van der Waals surface area contributed by atoms with Gasteiger partial charge >= 0.3 is 41.6 Å². The first-order valence-corrected chi connectivity index (χ1v) is 16.0. The van der Waals surface area contributed by atoms with Gasteiger partial charge in [-0.2, -0.15) is 17.2 Å². The van der Waals surface area contributed by atoms with E-state index >= 15 is 0 Å². The Hall–Kier alpha value is -0.0230. The van der Waals surface area contributed by atoms with Crippen LogP contribution in [0, 0.1) is 18.4 Å². The molecule has 0 fully saturated rings. The number of hydrogen-bond donors (Lipinski definition) is 0. The number of allylic oxidation sites excluding steroid dienone is 4. The molecule has 0 amide bonds. The van der Waals surface area contributed by atoms with E-state index < -0.39 is 0 Å². The molecule has 0 radical (unpaired) electrons. The van der Waals surface area contributed by atoms with E-state index in [4.69, 9.17) is 0 Å². The molecule has 0 spiro atoms. The zero-order valence-corrected chi connectivity index (χ0v) is 22.2. The van der Waals surface area contributed by atoms with E-state index in [1.54, 1.807) is 0 Å². The summed E-state index contributed by atoms with van der Waals surface area (Å²) in [7, 11) is 0. The summed E-state index contributed by atoms with van der Waals surface area (Å²) in [5, 5.41) is 2.72. The zero-order chi connectivity index (χ0) is 17.5. The third-order valence-electron chi connectivity index (χ3n) is 3.56. The molecule has 0 saturated carbocycles. The Morgan fingerprint density at radius 3 is 2.08 bits per heavy atom. The standard InChI is InChI=1S/C10H9.C9H13.C2H6Si.2ClH.Hf/c1-8-6-7-9-4-2-3-5-10(8)9;1-9(2,3)8-6-4-5-7-8;1-3-2;;;/h2-7H,1H3;4,6H,7H2,1-3H3;1-2H3;2*1H;/q2*-1;;;;+2/p-2. The fourth-order valence-corrected chi connectivity index (χ4v) is 2.21. The minimum Gasteiger partial charge on any atom is -1.00 e. The normalized spacial score (nSPS) is 11.9. The Bertz CT molecular complexity index is 702. The maximum absolute atomic E-state index is 3.16. The molecule has 0 saturated heterocycles. The Balaban J connectivity index is 0. The minimum absolute atomic E-state index is 0. The summed E-state index contributed by atoms with van der Waals surface area (Å²) in [5.41, 5.74) is 3.47. The van der Waals surface area contributed by atoms with Gasteiger partial charge in [-0.25, -0.2) is 12.2 Å². The van der Waals surface area contributed by atoms with E-state index in [0.717, 1.165) is 6.42 Å². The van der Waals surface area contributed by atoms with Gasteiger partial charge in [-0.1, -0.05) is 33.8 Å². The zero-order valence-electron chi connectivity index (χ0n) is 16.1. The van der Waals surface area contributed by atoms with Crippen LogP contribution in [0.5, 0.6) is 0 Å². The quantitative estimate of drug-likeness (QED) is 0.325. The van der Waals surface area contributed by atoms with Crippen molar-refractivity contribution >= 4 is 16.3 Å². The second-order valence-electron chi connectivity index (χ2n) is 7.09. The number of halogens is 2. The molecule has 0 bridgehead atoms. The van der Waals surface area contributed by atoms with Crippen molar-refractivity contribution in [2.75, 3.05) is 0 Å². The molecule has 1 aliphatic carbocycles. The molecule has 2 aromatic rings.